The topological polar surface area (TPSA) is 81.2 Å². The van der Waals surface area contributed by atoms with E-state index in [2.05, 4.69) is 4.98 Å². The minimum absolute atomic E-state index is 0.0279. The first-order chi connectivity index (χ1) is 8.09. The maximum atomic E-state index is 11.8. The van der Waals surface area contributed by atoms with Crippen molar-refractivity contribution in [1.29, 1.82) is 0 Å². The third kappa shape index (κ3) is 2.41. The highest BCUT2D eigenvalue weighted by Gasteiger charge is 2.19. The molecule has 2 heterocycles. The van der Waals surface area contributed by atoms with Crippen LogP contribution in [0.4, 0.5) is 5.69 Å². The van der Waals surface area contributed by atoms with Gasteiger partial charge >= 0.3 is 0 Å². The number of anilines is 1. The second kappa shape index (κ2) is 4.75. The van der Waals surface area contributed by atoms with E-state index < -0.39 is 5.56 Å². The van der Waals surface area contributed by atoms with Gasteiger partial charge in [-0.05, 0) is 12.8 Å². The number of amides is 1. The summed E-state index contributed by atoms with van der Waals surface area (Å²) in [6, 6.07) is 0. The number of carbonyl (C=O) groups excluding carboxylic acids is 1. The number of carbonyl (C=O) groups is 1. The molecule has 0 spiro atoms. The molecule has 1 aliphatic rings. The number of rotatable bonds is 2. The van der Waals surface area contributed by atoms with Crippen molar-refractivity contribution in [2.24, 2.45) is 0 Å². The van der Waals surface area contributed by atoms with Crippen molar-refractivity contribution in [3.05, 3.63) is 21.8 Å². The van der Waals surface area contributed by atoms with Crippen LogP contribution in [0.3, 0.4) is 0 Å². The monoisotopic (exact) mass is 256 g/mol. The molecule has 0 bridgehead atoms. The van der Waals surface area contributed by atoms with E-state index in [9.17, 15) is 9.59 Å². The van der Waals surface area contributed by atoms with Crippen molar-refractivity contribution < 1.29 is 4.79 Å². The summed E-state index contributed by atoms with van der Waals surface area (Å²) in [4.78, 5) is 29.0. The van der Waals surface area contributed by atoms with E-state index in [1.54, 1.807) is 4.90 Å². The Morgan fingerprint density at radius 2 is 2.12 bits per heavy atom. The molecule has 0 saturated carbocycles. The smallest absolute Gasteiger partial charge is 0.278 e. The van der Waals surface area contributed by atoms with Gasteiger partial charge in [0.05, 0.1) is 6.33 Å². The first kappa shape index (κ1) is 11.9. The van der Waals surface area contributed by atoms with Crippen LogP contribution in [0.15, 0.2) is 11.1 Å². The average molecular weight is 257 g/mol. The van der Waals surface area contributed by atoms with Crippen molar-refractivity contribution in [1.82, 2.24) is 14.5 Å². The molecular formula is C10H13ClN4O2. The molecule has 1 aromatic heterocycles. The Bertz CT molecular complexity index is 494. The molecule has 1 aromatic rings. The van der Waals surface area contributed by atoms with Crippen LogP contribution in [0, 0.1) is 0 Å². The van der Waals surface area contributed by atoms with Crippen LogP contribution in [-0.2, 0) is 11.3 Å². The summed E-state index contributed by atoms with van der Waals surface area (Å²) >= 11 is 5.60. The molecule has 0 aromatic carbocycles. The highest BCUT2D eigenvalue weighted by atomic mass is 35.5. The SMILES string of the molecule is Nc1c(Cl)ncn(CC(=O)N2CCCC2)c1=O. The van der Waals surface area contributed by atoms with E-state index in [0.29, 0.717) is 0 Å². The summed E-state index contributed by atoms with van der Waals surface area (Å²) < 4.78 is 1.18. The van der Waals surface area contributed by atoms with Gasteiger partial charge in [0.15, 0.2) is 5.15 Å². The lowest BCUT2D eigenvalue weighted by atomic mass is 10.4. The molecule has 0 radical (unpaired) electrons. The largest absolute Gasteiger partial charge is 0.392 e. The number of hydrogen-bond acceptors (Lipinski definition) is 4. The summed E-state index contributed by atoms with van der Waals surface area (Å²) in [5, 5.41) is -0.0279. The second-order valence-corrected chi connectivity index (χ2v) is 4.33. The lowest BCUT2D eigenvalue weighted by Gasteiger charge is -2.15. The molecule has 92 valence electrons. The van der Waals surface area contributed by atoms with E-state index in [0.717, 1.165) is 25.9 Å². The van der Waals surface area contributed by atoms with Gasteiger partial charge in [-0.3, -0.25) is 14.2 Å². The molecule has 1 aliphatic heterocycles. The molecular weight excluding hydrogens is 244 g/mol. The predicted octanol–water partition coefficient (Wildman–Crippen LogP) is 0.101. The van der Waals surface area contributed by atoms with E-state index in [4.69, 9.17) is 17.3 Å². The molecule has 0 atom stereocenters. The lowest BCUT2D eigenvalue weighted by Crippen LogP contribution is -2.35. The normalized spacial score (nSPS) is 15.2. The van der Waals surface area contributed by atoms with Gasteiger partial charge in [-0.1, -0.05) is 11.6 Å². The Hall–Kier alpha value is -1.56. The molecule has 2 rings (SSSR count). The Morgan fingerprint density at radius 1 is 1.47 bits per heavy atom. The number of hydrogen-bond donors (Lipinski definition) is 1. The highest BCUT2D eigenvalue weighted by Crippen LogP contribution is 2.10. The van der Waals surface area contributed by atoms with Crippen LogP contribution in [0.25, 0.3) is 0 Å². The average Bonchev–Trinajstić information content (AvgIpc) is 2.83. The van der Waals surface area contributed by atoms with Crippen molar-refractivity contribution >= 4 is 23.2 Å². The minimum atomic E-state index is -0.474. The van der Waals surface area contributed by atoms with Crippen LogP contribution < -0.4 is 11.3 Å². The Kier molecular flexibility index (Phi) is 3.33. The van der Waals surface area contributed by atoms with Crippen molar-refractivity contribution in [2.45, 2.75) is 19.4 Å². The zero-order chi connectivity index (χ0) is 12.4. The summed E-state index contributed by atoms with van der Waals surface area (Å²) in [5.41, 5.74) is 4.86. The number of nitrogens with two attached hydrogens (primary N) is 1. The van der Waals surface area contributed by atoms with Gasteiger partial charge in [0.1, 0.15) is 12.2 Å². The van der Waals surface area contributed by atoms with E-state index in [-0.39, 0.29) is 23.3 Å². The van der Waals surface area contributed by atoms with Gasteiger partial charge in [0.2, 0.25) is 5.91 Å². The summed E-state index contributed by atoms with van der Waals surface area (Å²) in [7, 11) is 0. The van der Waals surface area contributed by atoms with E-state index in [1.165, 1.54) is 10.9 Å². The standard InChI is InChI=1S/C10H13ClN4O2/c11-9-8(12)10(17)15(6-13-9)5-7(16)14-3-1-2-4-14/h6H,1-5,12H2. The molecule has 2 N–H and O–H groups in total. The number of nitrogen functional groups attached to an aromatic ring is 1. The summed E-state index contributed by atoms with van der Waals surface area (Å²) in [6.07, 6.45) is 3.28. The zero-order valence-corrected chi connectivity index (χ0v) is 9.98. The number of nitrogens with zero attached hydrogens (tertiary/aromatic N) is 3. The van der Waals surface area contributed by atoms with Gasteiger partial charge < -0.3 is 10.6 Å². The lowest BCUT2D eigenvalue weighted by molar-refractivity contribution is -0.130. The Labute approximate surface area is 103 Å². The molecule has 7 heteroatoms. The number of halogens is 1. The highest BCUT2D eigenvalue weighted by molar-refractivity contribution is 6.31. The molecule has 1 fully saturated rings. The van der Waals surface area contributed by atoms with E-state index >= 15 is 0 Å². The second-order valence-electron chi connectivity index (χ2n) is 3.97. The fourth-order valence-corrected chi connectivity index (χ4v) is 1.93. The molecule has 17 heavy (non-hydrogen) atoms. The number of likely N-dealkylation sites (tertiary alicyclic amines) is 1. The fraction of sp³-hybridized carbons (Fsp3) is 0.500. The maximum absolute atomic E-state index is 11.8. The third-order valence-corrected chi connectivity index (χ3v) is 3.09. The van der Waals surface area contributed by atoms with Crippen LogP contribution in [0.2, 0.25) is 5.15 Å². The van der Waals surface area contributed by atoms with Gasteiger partial charge in [-0.2, -0.15) is 0 Å². The van der Waals surface area contributed by atoms with Gasteiger partial charge in [-0.15, -0.1) is 0 Å². The first-order valence-corrected chi connectivity index (χ1v) is 5.75. The molecule has 1 amide bonds. The molecule has 1 saturated heterocycles. The molecule has 0 aliphatic carbocycles. The molecule has 0 unspecified atom stereocenters. The fourth-order valence-electron chi connectivity index (χ4n) is 1.81. The Morgan fingerprint density at radius 3 is 2.76 bits per heavy atom. The van der Waals surface area contributed by atoms with Crippen LogP contribution in [0.5, 0.6) is 0 Å². The zero-order valence-electron chi connectivity index (χ0n) is 9.23. The van der Waals surface area contributed by atoms with E-state index in [1.807, 2.05) is 0 Å². The minimum Gasteiger partial charge on any atom is -0.392 e. The quantitative estimate of drug-likeness (QED) is 0.761. The number of aromatic nitrogens is 2. The van der Waals surface area contributed by atoms with Crippen molar-refractivity contribution in [2.75, 3.05) is 18.8 Å². The Balaban J connectivity index is 2.16. The summed E-state index contributed by atoms with van der Waals surface area (Å²) in [6.45, 7) is 1.47. The van der Waals surface area contributed by atoms with Gasteiger partial charge in [0, 0.05) is 13.1 Å². The summed E-state index contributed by atoms with van der Waals surface area (Å²) in [5.74, 6) is -0.0897. The third-order valence-electron chi connectivity index (χ3n) is 2.79. The van der Waals surface area contributed by atoms with Crippen molar-refractivity contribution in [3.63, 3.8) is 0 Å². The molecule has 6 nitrogen and oxygen atoms in total. The van der Waals surface area contributed by atoms with Gasteiger partial charge in [-0.25, -0.2) is 4.98 Å². The van der Waals surface area contributed by atoms with Crippen molar-refractivity contribution in [3.8, 4) is 0 Å². The maximum Gasteiger partial charge on any atom is 0.278 e. The predicted molar refractivity (Wildman–Crippen MR) is 63.7 cm³/mol. The van der Waals surface area contributed by atoms with Crippen LogP contribution in [0.1, 0.15) is 12.8 Å². The van der Waals surface area contributed by atoms with Gasteiger partial charge in [0.25, 0.3) is 5.56 Å². The first-order valence-electron chi connectivity index (χ1n) is 5.38. The van der Waals surface area contributed by atoms with Crippen LogP contribution >= 0.6 is 11.6 Å². The van der Waals surface area contributed by atoms with Crippen LogP contribution in [-0.4, -0.2) is 33.4 Å².